The van der Waals surface area contributed by atoms with E-state index < -0.39 is 6.04 Å². The molecule has 3 N–H and O–H groups in total. The fourth-order valence-electron chi connectivity index (χ4n) is 3.50. The molecule has 29 heavy (non-hydrogen) atoms. The van der Waals surface area contributed by atoms with Gasteiger partial charge >= 0.3 is 0 Å². The van der Waals surface area contributed by atoms with Crippen molar-refractivity contribution in [1.82, 2.24) is 15.1 Å². The van der Waals surface area contributed by atoms with Gasteiger partial charge < -0.3 is 15.5 Å². The number of aromatic amines is 1. The van der Waals surface area contributed by atoms with Crippen molar-refractivity contribution in [3.05, 3.63) is 59.2 Å². The molecule has 1 amide bonds. The van der Waals surface area contributed by atoms with Crippen molar-refractivity contribution in [2.75, 3.05) is 31.1 Å². The SMILES string of the molecule is Cl.Cl.NC(Cc1ccc(Cl)cc1)C(=O)N1CCN(c2ccc3cn[nH]c3c2)CC1. The highest BCUT2D eigenvalue weighted by atomic mass is 35.5. The zero-order valence-corrected chi connectivity index (χ0v) is 18.1. The highest BCUT2D eigenvalue weighted by Crippen LogP contribution is 2.22. The van der Waals surface area contributed by atoms with Gasteiger partial charge in [-0.3, -0.25) is 9.89 Å². The monoisotopic (exact) mass is 455 g/mol. The Morgan fingerprint density at radius 3 is 2.48 bits per heavy atom. The molecule has 0 radical (unpaired) electrons. The number of rotatable bonds is 4. The van der Waals surface area contributed by atoms with Gasteiger partial charge in [-0.05, 0) is 42.3 Å². The Labute approximate surface area is 187 Å². The number of hydrogen-bond acceptors (Lipinski definition) is 4. The van der Waals surface area contributed by atoms with Crippen LogP contribution in [0.5, 0.6) is 0 Å². The van der Waals surface area contributed by atoms with Gasteiger partial charge in [-0.15, -0.1) is 24.8 Å². The standard InChI is InChI=1S/C20H22ClN5O.2ClH/c21-16-4-1-14(2-5-16)11-18(22)20(27)26-9-7-25(8-10-26)17-6-3-15-13-23-24-19(15)12-17;;/h1-6,12-13,18H,7-11,22H2,(H,23,24);2*1H. The second-order valence-corrected chi connectivity index (χ2v) is 7.33. The van der Waals surface area contributed by atoms with Gasteiger partial charge in [-0.2, -0.15) is 5.10 Å². The van der Waals surface area contributed by atoms with E-state index in [0.29, 0.717) is 24.5 Å². The summed E-state index contributed by atoms with van der Waals surface area (Å²) in [6.07, 6.45) is 2.34. The zero-order valence-electron chi connectivity index (χ0n) is 15.8. The molecule has 1 fully saturated rings. The maximum atomic E-state index is 12.7. The van der Waals surface area contributed by atoms with Crippen molar-refractivity contribution in [3.8, 4) is 0 Å². The van der Waals surface area contributed by atoms with Crippen LogP contribution in [0.2, 0.25) is 5.02 Å². The summed E-state index contributed by atoms with van der Waals surface area (Å²) in [6, 6.07) is 13.2. The van der Waals surface area contributed by atoms with E-state index in [1.807, 2.05) is 35.4 Å². The molecule has 0 bridgehead atoms. The molecule has 1 aliphatic heterocycles. The first-order chi connectivity index (χ1) is 13.1. The van der Waals surface area contributed by atoms with E-state index in [2.05, 4.69) is 33.3 Å². The number of halogens is 3. The van der Waals surface area contributed by atoms with Crippen molar-refractivity contribution >= 4 is 58.9 Å². The van der Waals surface area contributed by atoms with Crippen molar-refractivity contribution in [2.24, 2.45) is 5.73 Å². The van der Waals surface area contributed by atoms with Gasteiger partial charge in [0, 0.05) is 42.3 Å². The fourth-order valence-corrected chi connectivity index (χ4v) is 3.63. The molecule has 1 aromatic heterocycles. The Morgan fingerprint density at radius 1 is 1.10 bits per heavy atom. The summed E-state index contributed by atoms with van der Waals surface area (Å²) in [5.41, 5.74) is 9.35. The number of nitrogens with zero attached hydrogens (tertiary/aromatic N) is 3. The van der Waals surface area contributed by atoms with Crippen LogP contribution in [0.15, 0.2) is 48.7 Å². The molecule has 4 rings (SSSR count). The number of carbonyl (C=O) groups excluding carboxylic acids is 1. The molecule has 6 nitrogen and oxygen atoms in total. The molecule has 156 valence electrons. The normalized spacial score (nSPS) is 14.8. The Bertz CT molecular complexity index is 939. The third-order valence-electron chi connectivity index (χ3n) is 5.07. The third kappa shape index (κ3) is 5.34. The molecule has 1 saturated heterocycles. The van der Waals surface area contributed by atoms with E-state index >= 15 is 0 Å². The summed E-state index contributed by atoms with van der Waals surface area (Å²) in [7, 11) is 0. The predicted octanol–water partition coefficient (Wildman–Crippen LogP) is 3.28. The molecule has 3 aromatic rings. The summed E-state index contributed by atoms with van der Waals surface area (Å²) in [5, 5.41) is 8.85. The predicted molar refractivity (Wildman–Crippen MR) is 123 cm³/mol. The van der Waals surface area contributed by atoms with Gasteiger partial charge in [-0.25, -0.2) is 0 Å². The number of nitrogens with one attached hydrogen (secondary N) is 1. The molecular weight excluding hydrogens is 433 g/mol. The van der Waals surface area contributed by atoms with E-state index in [1.165, 1.54) is 0 Å². The van der Waals surface area contributed by atoms with Crippen molar-refractivity contribution in [2.45, 2.75) is 12.5 Å². The van der Waals surface area contributed by atoms with Gasteiger partial charge in [0.05, 0.1) is 17.8 Å². The molecular formula is C20H24Cl3N5O. The number of fused-ring (bicyclic) bond motifs is 1. The smallest absolute Gasteiger partial charge is 0.239 e. The van der Waals surface area contributed by atoms with Crippen molar-refractivity contribution < 1.29 is 4.79 Å². The number of hydrogen-bond donors (Lipinski definition) is 2. The number of piperazine rings is 1. The third-order valence-corrected chi connectivity index (χ3v) is 5.32. The first-order valence-corrected chi connectivity index (χ1v) is 9.45. The molecule has 1 aliphatic rings. The minimum absolute atomic E-state index is 0. The molecule has 1 unspecified atom stereocenters. The summed E-state index contributed by atoms with van der Waals surface area (Å²) < 4.78 is 0. The molecule has 0 spiro atoms. The molecule has 0 aliphatic carbocycles. The van der Waals surface area contributed by atoms with Gasteiger partial charge in [-0.1, -0.05) is 23.7 Å². The van der Waals surface area contributed by atoms with Crippen LogP contribution in [0.4, 0.5) is 5.69 Å². The van der Waals surface area contributed by atoms with Crippen LogP contribution in [-0.2, 0) is 11.2 Å². The Hall–Kier alpha value is -1.99. The average molecular weight is 457 g/mol. The number of nitrogens with two attached hydrogens (primary N) is 1. The van der Waals surface area contributed by atoms with Gasteiger partial charge in [0.1, 0.15) is 0 Å². The van der Waals surface area contributed by atoms with Gasteiger partial charge in [0.15, 0.2) is 0 Å². The number of anilines is 1. The second kappa shape index (κ2) is 10.2. The number of carbonyl (C=O) groups is 1. The summed E-state index contributed by atoms with van der Waals surface area (Å²) >= 11 is 5.91. The molecule has 2 heterocycles. The van der Waals surface area contributed by atoms with E-state index in [0.717, 1.165) is 35.2 Å². The quantitative estimate of drug-likeness (QED) is 0.631. The number of aromatic nitrogens is 2. The molecule has 1 atom stereocenters. The minimum Gasteiger partial charge on any atom is -0.368 e. The van der Waals surface area contributed by atoms with Crippen LogP contribution in [-0.4, -0.2) is 53.2 Å². The number of benzene rings is 2. The second-order valence-electron chi connectivity index (χ2n) is 6.89. The fraction of sp³-hybridized carbons (Fsp3) is 0.300. The lowest BCUT2D eigenvalue weighted by molar-refractivity contribution is -0.132. The maximum absolute atomic E-state index is 12.7. The molecule has 0 saturated carbocycles. The number of H-pyrrole nitrogens is 1. The van der Waals surface area contributed by atoms with E-state index in [1.54, 1.807) is 0 Å². The molecule has 9 heteroatoms. The van der Waals surface area contributed by atoms with Gasteiger partial charge in [0.25, 0.3) is 0 Å². The van der Waals surface area contributed by atoms with Crippen LogP contribution in [0.1, 0.15) is 5.56 Å². The first-order valence-electron chi connectivity index (χ1n) is 9.07. The number of amides is 1. The topological polar surface area (TPSA) is 78.2 Å². The Balaban J connectivity index is 0.00000150. The highest BCUT2D eigenvalue weighted by molar-refractivity contribution is 6.30. The summed E-state index contributed by atoms with van der Waals surface area (Å²) in [6.45, 7) is 2.93. The summed E-state index contributed by atoms with van der Waals surface area (Å²) in [4.78, 5) is 16.8. The largest absolute Gasteiger partial charge is 0.368 e. The lowest BCUT2D eigenvalue weighted by Crippen LogP contribution is -2.53. The van der Waals surface area contributed by atoms with Crippen molar-refractivity contribution in [1.29, 1.82) is 0 Å². The van der Waals surface area contributed by atoms with Crippen LogP contribution in [0.3, 0.4) is 0 Å². The van der Waals surface area contributed by atoms with Crippen LogP contribution in [0.25, 0.3) is 10.9 Å². The van der Waals surface area contributed by atoms with E-state index in [-0.39, 0.29) is 30.7 Å². The van der Waals surface area contributed by atoms with E-state index in [4.69, 9.17) is 17.3 Å². The van der Waals surface area contributed by atoms with Crippen molar-refractivity contribution in [3.63, 3.8) is 0 Å². The maximum Gasteiger partial charge on any atom is 0.239 e. The average Bonchev–Trinajstić information content (AvgIpc) is 3.17. The van der Waals surface area contributed by atoms with Gasteiger partial charge in [0.2, 0.25) is 5.91 Å². The summed E-state index contributed by atoms with van der Waals surface area (Å²) in [5.74, 6) is 0.00798. The van der Waals surface area contributed by atoms with Crippen LogP contribution >= 0.6 is 36.4 Å². The first kappa shape index (κ1) is 23.3. The lowest BCUT2D eigenvalue weighted by Gasteiger charge is -2.37. The zero-order chi connectivity index (χ0) is 18.8. The Kier molecular flexibility index (Phi) is 8.16. The lowest BCUT2D eigenvalue weighted by atomic mass is 10.1. The molecule has 2 aromatic carbocycles. The minimum atomic E-state index is -0.529. The Morgan fingerprint density at radius 2 is 1.79 bits per heavy atom. The van der Waals surface area contributed by atoms with Crippen LogP contribution in [0, 0.1) is 0 Å². The van der Waals surface area contributed by atoms with E-state index in [9.17, 15) is 4.79 Å². The van der Waals surface area contributed by atoms with Crippen LogP contribution < -0.4 is 10.6 Å². The highest BCUT2D eigenvalue weighted by Gasteiger charge is 2.25.